The number of rotatable bonds is 3. The quantitative estimate of drug-likeness (QED) is 0.899. The monoisotopic (exact) mass is 295 g/mol. The molecular formula is C17H26ClNO. The van der Waals surface area contributed by atoms with Crippen molar-refractivity contribution >= 4 is 11.6 Å². The van der Waals surface area contributed by atoms with Gasteiger partial charge in [-0.15, -0.1) is 0 Å². The van der Waals surface area contributed by atoms with Gasteiger partial charge in [0.1, 0.15) is 0 Å². The minimum atomic E-state index is 0.271. The van der Waals surface area contributed by atoms with Crippen LogP contribution >= 0.6 is 11.6 Å². The Morgan fingerprint density at radius 3 is 2.25 bits per heavy atom. The second-order valence-electron chi connectivity index (χ2n) is 6.21. The molecule has 2 nitrogen and oxygen atoms in total. The molecule has 1 heterocycles. The van der Waals surface area contributed by atoms with E-state index in [0.29, 0.717) is 24.0 Å². The molecule has 0 spiro atoms. The molecule has 3 heteroatoms. The van der Waals surface area contributed by atoms with Crippen molar-refractivity contribution in [3.05, 3.63) is 33.8 Å². The van der Waals surface area contributed by atoms with E-state index in [1.165, 1.54) is 11.1 Å². The molecule has 5 unspecified atom stereocenters. The summed E-state index contributed by atoms with van der Waals surface area (Å²) in [6, 6.07) is 4.60. The molecule has 1 saturated heterocycles. The van der Waals surface area contributed by atoms with Crippen LogP contribution in [-0.4, -0.2) is 19.3 Å². The van der Waals surface area contributed by atoms with Crippen molar-refractivity contribution < 1.29 is 4.74 Å². The fourth-order valence-electron chi connectivity index (χ4n) is 3.56. The predicted octanol–water partition coefficient (Wildman–Crippen LogP) is 4.28. The minimum Gasteiger partial charge on any atom is -0.375 e. The lowest BCUT2D eigenvalue weighted by Gasteiger charge is -2.30. The summed E-state index contributed by atoms with van der Waals surface area (Å²) in [5, 5.41) is 4.35. The summed E-state index contributed by atoms with van der Waals surface area (Å²) in [6.45, 7) is 10.9. The number of halogens is 1. The van der Waals surface area contributed by atoms with Gasteiger partial charge >= 0.3 is 0 Å². The Bertz CT molecular complexity index is 488. The SMILES string of the molecule is CNC(c1cc(C)c(Cl)cc1C)C1C(C)OC(C)C1C. The predicted molar refractivity (Wildman–Crippen MR) is 85.4 cm³/mol. The molecule has 5 atom stereocenters. The van der Waals surface area contributed by atoms with Crippen molar-refractivity contribution in [2.75, 3.05) is 7.05 Å². The van der Waals surface area contributed by atoms with E-state index in [0.717, 1.165) is 10.6 Å². The molecule has 0 bridgehead atoms. The zero-order valence-corrected chi connectivity index (χ0v) is 14.1. The molecule has 0 saturated carbocycles. The molecule has 1 fully saturated rings. The summed E-state index contributed by atoms with van der Waals surface area (Å²) in [4.78, 5) is 0. The lowest BCUT2D eigenvalue weighted by molar-refractivity contribution is 0.0478. The third-order valence-corrected chi connectivity index (χ3v) is 5.30. The third kappa shape index (κ3) is 2.74. The number of hydrogen-bond acceptors (Lipinski definition) is 2. The standard InChI is InChI=1S/C17H26ClNO/c1-9-8-15(18)10(2)7-14(9)17(19-6)16-11(3)12(4)20-13(16)5/h7-8,11-13,16-17,19H,1-6H3. The van der Waals surface area contributed by atoms with Crippen LogP contribution in [0.4, 0.5) is 0 Å². The molecule has 0 aliphatic carbocycles. The number of nitrogens with one attached hydrogen (secondary N) is 1. The van der Waals surface area contributed by atoms with Crippen LogP contribution in [0.3, 0.4) is 0 Å². The number of benzene rings is 1. The average Bonchev–Trinajstić information content (AvgIpc) is 2.63. The highest BCUT2D eigenvalue weighted by Crippen LogP contribution is 2.41. The third-order valence-electron chi connectivity index (χ3n) is 4.90. The smallest absolute Gasteiger partial charge is 0.0600 e. The summed E-state index contributed by atoms with van der Waals surface area (Å²) in [6.07, 6.45) is 0.590. The molecule has 1 aliphatic heterocycles. The van der Waals surface area contributed by atoms with Crippen molar-refractivity contribution in [1.29, 1.82) is 0 Å². The summed E-state index contributed by atoms with van der Waals surface area (Å²) in [5.74, 6) is 1.02. The van der Waals surface area contributed by atoms with Gasteiger partial charge in [-0.05, 0) is 63.4 Å². The zero-order chi connectivity index (χ0) is 15.0. The van der Waals surface area contributed by atoms with E-state index in [-0.39, 0.29) is 6.10 Å². The van der Waals surface area contributed by atoms with Crippen LogP contribution in [0.1, 0.15) is 43.5 Å². The number of aryl methyl sites for hydroxylation is 2. The van der Waals surface area contributed by atoms with E-state index in [4.69, 9.17) is 16.3 Å². The fourth-order valence-corrected chi connectivity index (χ4v) is 3.78. The summed E-state index contributed by atoms with van der Waals surface area (Å²) >= 11 is 6.23. The molecule has 2 rings (SSSR count). The molecule has 1 aliphatic rings. The molecule has 20 heavy (non-hydrogen) atoms. The van der Waals surface area contributed by atoms with E-state index in [2.05, 4.69) is 52.1 Å². The summed E-state index contributed by atoms with van der Waals surface area (Å²) in [5.41, 5.74) is 3.73. The second kappa shape index (κ2) is 6.05. The van der Waals surface area contributed by atoms with Gasteiger partial charge in [0, 0.05) is 17.0 Å². The first-order chi connectivity index (χ1) is 9.36. The van der Waals surface area contributed by atoms with Crippen LogP contribution in [0.5, 0.6) is 0 Å². The highest BCUT2D eigenvalue weighted by molar-refractivity contribution is 6.31. The van der Waals surface area contributed by atoms with Gasteiger partial charge in [-0.25, -0.2) is 0 Å². The van der Waals surface area contributed by atoms with Crippen molar-refractivity contribution in [3.8, 4) is 0 Å². The summed E-state index contributed by atoms with van der Waals surface area (Å²) < 4.78 is 6.02. The Balaban J connectivity index is 2.40. The molecule has 0 radical (unpaired) electrons. The van der Waals surface area contributed by atoms with Crippen molar-refractivity contribution in [2.24, 2.45) is 11.8 Å². The largest absolute Gasteiger partial charge is 0.375 e. The van der Waals surface area contributed by atoms with Crippen LogP contribution in [0.2, 0.25) is 5.02 Å². The Hall–Kier alpha value is -0.570. The molecule has 1 N–H and O–H groups in total. The maximum atomic E-state index is 6.23. The Labute approximate surface area is 127 Å². The van der Waals surface area contributed by atoms with Crippen LogP contribution in [0.15, 0.2) is 12.1 Å². The van der Waals surface area contributed by atoms with Gasteiger partial charge in [-0.1, -0.05) is 24.6 Å². The van der Waals surface area contributed by atoms with Crippen LogP contribution in [0, 0.1) is 25.7 Å². The molecule has 1 aromatic carbocycles. The molecule has 0 aromatic heterocycles. The van der Waals surface area contributed by atoms with Gasteiger partial charge in [0.25, 0.3) is 0 Å². The van der Waals surface area contributed by atoms with Crippen LogP contribution in [-0.2, 0) is 4.74 Å². The van der Waals surface area contributed by atoms with Gasteiger partial charge in [0.15, 0.2) is 0 Å². The highest BCUT2D eigenvalue weighted by Gasteiger charge is 2.42. The average molecular weight is 296 g/mol. The first-order valence-electron chi connectivity index (χ1n) is 7.46. The Kier molecular flexibility index (Phi) is 4.78. The Morgan fingerprint density at radius 2 is 1.75 bits per heavy atom. The minimum absolute atomic E-state index is 0.271. The maximum absolute atomic E-state index is 6.23. The lowest BCUT2D eigenvalue weighted by Crippen LogP contribution is -2.33. The highest BCUT2D eigenvalue weighted by atomic mass is 35.5. The van der Waals surface area contributed by atoms with Gasteiger partial charge in [0.2, 0.25) is 0 Å². The van der Waals surface area contributed by atoms with E-state index < -0.39 is 0 Å². The van der Waals surface area contributed by atoms with Gasteiger partial charge < -0.3 is 10.1 Å². The molecule has 1 aromatic rings. The molecular weight excluding hydrogens is 270 g/mol. The Morgan fingerprint density at radius 1 is 1.10 bits per heavy atom. The second-order valence-corrected chi connectivity index (χ2v) is 6.61. The van der Waals surface area contributed by atoms with Crippen molar-refractivity contribution in [1.82, 2.24) is 5.32 Å². The zero-order valence-electron chi connectivity index (χ0n) is 13.3. The topological polar surface area (TPSA) is 21.3 Å². The van der Waals surface area contributed by atoms with E-state index in [1.807, 2.05) is 7.05 Å². The van der Waals surface area contributed by atoms with Crippen molar-refractivity contribution in [3.63, 3.8) is 0 Å². The van der Waals surface area contributed by atoms with Gasteiger partial charge in [-0.2, -0.15) is 0 Å². The summed E-state index contributed by atoms with van der Waals surface area (Å²) in [7, 11) is 2.04. The maximum Gasteiger partial charge on any atom is 0.0600 e. The van der Waals surface area contributed by atoms with Crippen LogP contribution in [0.25, 0.3) is 0 Å². The van der Waals surface area contributed by atoms with E-state index >= 15 is 0 Å². The molecule has 0 amide bonds. The first-order valence-corrected chi connectivity index (χ1v) is 7.84. The normalized spacial score (nSPS) is 31.6. The first kappa shape index (κ1) is 15.8. The lowest BCUT2D eigenvalue weighted by atomic mass is 9.79. The van der Waals surface area contributed by atoms with E-state index in [1.54, 1.807) is 0 Å². The van der Waals surface area contributed by atoms with Gasteiger partial charge in [0.05, 0.1) is 12.2 Å². The van der Waals surface area contributed by atoms with Crippen LogP contribution < -0.4 is 5.32 Å². The van der Waals surface area contributed by atoms with Crippen molar-refractivity contribution in [2.45, 2.75) is 52.9 Å². The number of ether oxygens (including phenoxy) is 1. The fraction of sp³-hybridized carbons (Fsp3) is 0.647. The van der Waals surface area contributed by atoms with E-state index in [9.17, 15) is 0 Å². The van der Waals surface area contributed by atoms with Gasteiger partial charge in [-0.3, -0.25) is 0 Å². The number of hydrogen-bond donors (Lipinski definition) is 1. The molecule has 112 valence electrons.